The number of piperidine rings is 1. The van der Waals surface area contributed by atoms with Gasteiger partial charge in [-0.05, 0) is 118 Å². The average Bonchev–Trinajstić information content (AvgIpc) is 3.23. The summed E-state index contributed by atoms with van der Waals surface area (Å²) in [4.78, 5) is 59.7. The van der Waals surface area contributed by atoms with Crippen LogP contribution in [0.1, 0.15) is 126 Å². The molecule has 64 heavy (non-hydrogen) atoms. The van der Waals surface area contributed by atoms with Crippen molar-refractivity contribution in [2.75, 3.05) is 27.9 Å². The maximum Gasteiger partial charge on any atom is 0.329 e. The molecule has 0 aromatic rings. The van der Waals surface area contributed by atoms with E-state index in [-0.39, 0.29) is 60.5 Å². The van der Waals surface area contributed by atoms with E-state index in [2.05, 4.69) is 60.4 Å². The van der Waals surface area contributed by atoms with Gasteiger partial charge in [-0.3, -0.25) is 14.4 Å². The molecular weight excluding hydrogens is 835 g/mol. The first-order valence-corrected chi connectivity index (χ1v) is 26.8. The van der Waals surface area contributed by atoms with E-state index in [1.807, 2.05) is 19.9 Å². The number of hydrogen-bond donors (Lipinski definition) is 2. The number of aliphatic hydroxyl groups is 2. The van der Waals surface area contributed by atoms with Gasteiger partial charge in [0.25, 0.3) is 11.7 Å². The maximum absolute atomic E-state index is 14.8. The third kappa shape index (κ3) is 12.9. The Bertz CT molecular complexity index is 1690. The van der Waals surface area contributed by atoms with Crippen LogP contribution in [0.5, 0.6) is 0 Å². The van der Waals surface area contributed by atoms with E-state index in [4.69, 9.17) is 28.1 Å². The molecule has 0 aromatic carbocycles. The highest BCUT2D eigenvalue weighted by molar-refractivity contribution is 6.74. The van der Waals surface area contributed by atoms with Gasteiger partial charge in [-0.15, -0.1) is 6.58 Å². The van der Waals surface area contributed by atoms with Gasteiger partial charge in [0.05, 0.1) is 30.5 Å². The maximum atomic E-state index is 14.8. The van der Waals surface area contributed by atoms with Crippen molar-refractivity contribution in [2.24, 2.45) is 29.6 Å². The second-order valence-electron chi connectivity index (χ2n) is 21.1. The van der Waals surface area contributed by atoms with E-state index in [0.29, 0.717) is 56.9 Å². The Hall–Kier alpha value is -2.56. The predicted molar refractivity (Wildman–Crippen MR) is 249 cm³/mol. The molecule has 3 fully saturated rings. The van der Waals surface area contributed by atoms with Gasteiger partial charge in [0, 0.05) is 46.1 Å². The summed E-state index contributed by atoms with van der Waals surface area (Å²) in [5.41, 5.74) is 1.39. The number of ether oxygens (including phenoxy) is 5. The molecule has 4 rings (SSSR count). The number of carbonyl (C=O) groups is 4. The van der Waals surface area contributed by atoms with Gasteiger partial charge >= 0.3 is 5.97 Å². The summed E-state index contributed by atoms with van der Waals surface area (Å²) in [6.07, 6.45) is 6.39. The Balaban J connectivity index is 1.90. The van der Waals surface area contributed by atoms with E-state index in [0.717, 1.165) is 5.57 Å². The van der Waals surface area contributed by atoms with Crippen LogP contribution in [0, 0.1) is 29.6 Å². The van der Waals surface area contributed by atoms with Gasteiger partial charge in [-0.1, -0.05) is 66.7 Å². The molecule has 13 nitrogen and oxygen atoms in total. The van der Waals surface area contributed by atoms with Crippen molar-refractivity contribution in [3.8, 4) is 0 Å². The summed E-state index contributed by atoms with van der Waals surface area (Å²) >= 11 is 0. The van der Waals surface area contributed by atoms with Crippen molar-refractivity contribution >= 4 is 31.8 Å². The largest absolute Gasteiger partial charge is 0.456 e. The van der Waals surface area contributed by atoms with Crippen LogP contribution < -0.4 is 0 Å². The molecule has 364 valence electrons. The molecule has 0 radical (unpaired) electrons. The van der Waals surface area contributed by atoms with Crippen LogP contribution in [-0.4, -0.2) is 129 Å². The Morgan fingerprint density at radius 1 is 0.922 bits per heavy atom. The molecule has 2 saturated heterocycles. The fourth-order valence-corrected chi connectivity index (χ4v) is 11.5. The number of nitrogens with zero attached hydrogens (tertiary/aromatic N) is 1. The number of esters is 1. The number of amides is 1. The summed E-state index contributed by atoms with van der Waals surface area (Å²) < 4.78 is 37.6. The zero-order chi connectivity index (χ0) is 47.9. The highest BCUT2D eigenvalue weighted by atomic mass is 28.4. The molecule has 2 N–H and O–H groups in total. The Kier molecular flexibility index (Phi) is 19.4. The van der Waals surface area contributed by atoms with Crippen molar-refractivity contribution in [2.45, 2.75) is 199 Å². The van der Waals surface area contributed by atoms with Gasteiger partial charge in [-0.25, -0.2) is 4.79 Å². The number of ketones is 2. The van der Waals surface area contributed by atoms with Gasteiger partial charge < -0.3 is 43.2 Å². The van der Waals surface area contributed by atoms with E-state index < -0.39 is 86.3 Å². The summed E-state index contributed by atoms with van der Waals surface area (Å²) in [5.74, 6) is -6.73. The predicted octanol–water partition coefficient (Wildman–Crippen LogP) is 7.67. The molecule has 14 atom stereocenters. The van der Waals surface area contributed by atoms with E-state index in [9.17, 15) is 29.4 Å². The topological polar surface area (TPSA) is 167 Å². The SMILES string of the molecule is C=CCC1=CC(C)C[C@H](C)C[C@H](OC)[C@H]2O[C@@](O)(C(=O)C(=O)N3CCCC[C@H]3C(=O)O[C@H](C(C)=C[C@@H]3CC[C@@H](O)[C@H](OC)C3)[C@H](C)[C@@H](O[Si](C)(C)C(C)(C)C)CC1=O)[C@H](C)C[C@@H]2OC. The first kappa shape index (κ1) is 54.0. The van der Waals surface area contributed by atoms with Gasteiger partial charge in [-0.2, -0.15) is 0 Å². The third-order valence-electron chi connectivity index (χ3n) is 15.1. The molecule has 14 heteroatoms. The number of fused-ring (bicyclic) bond motifs is 3. The molecule has 0 spiro atoms. The lowest BCUT2D eigenvalue weighted by Crippen LogP contribution is -2.64. The summed E-state index contributed by atoms with van der Waals surface area (Å²) in [7, 11) is 2.14. The lowest BCUT2D eigenvalue weighted by molar-refractivity contribution is -0.302. The van der Waals surface area contributed by atoms with Gasteiger partial charge in [0.15, 0.2) is 14.1 Å². The van der Waals surface area contributed by atoms with Crippen LogP contribution in [0.3, 0.4) is 0 Å². The highest BCUT2D eigenvalue weighted by Crippen LogP contribution is 2.42. The molecular formula is C50H83NO12Si. The summed E-state index contributed by atoms with van der Waals surface area (Å²) in [5, 5.41) is 22.6. The lowest BCUT2D eigenvalue weighted by atomic mass is 9.81. The van der Waals surface area contributed by atoms with Crippen molar-refractivity contribution in [3.63, 3.8) is 0 Å². The average molecular weight is 918 g/mol. The molecule has 3 aliphatic heterocycles. The van der Waals surface area contributed by atoms with Crippen LogP contribution in [0.4, 0.5) is 0 Å². The number of allylic oxidation sites excluding steroid dienone is 4. The number of Topliss-reactive ketones (excluding diaryl/α,β-unsaturated/α-hetero) is 2. The third-order valence-corrected chi connectivity index (χ3v) is 19.6. The number of methoxy groups -OCH3 is 3. The van der Waals surface area contributed by atoms with Crippen LogP contribution in [0.15, 0.2) is 36.0 Å². The Morgan fingerprint density at radius 2 is 1.56 bits per heavy atom. The van der Waals surface area contributed by atoms with Crippen LogP contribution in [0.25, 0.3) is 0 Å². The highest BCUT2D eigenvalue weighted by Gasteiger charge is 2.57. The Morgan fingerprint density at radius 3 is 2.17 bits per heavy atom. The minimum Gasteiger partial charge on any atom is -0.456 e. The van der Waals surface area contributed by atoms with Crippen molar-refractivity contribution in [1.82, 2.24) is 4.90 Å². The fourth-order valence-electron chi connectivity index (χ4n) is 10.1. The first-order valence-electron chi connectivity index (χ1n) is 23.9. The zero-order valence-electron chi connectivity index (χ0n) is 41.4. The fraction of sp³-hybridized carbons (Fsp3) is 0.800. The van der Waals surface area contributed by atoms with Gasteiger partial charge in [0.1, 0.15) is 18.2 Å². The number of aliphatic hydroxyl groups excluding tert-OH is 1. The van der Waals surface area contributed by atoms with E-state index >= 15 is 0 Å². The quantitative estimate of drug-likeness (QED) is 0.100. The number of carbonyl (C=O) groups excluding carboxylic acids is 4. The molecule has 0 aromatic heterocycles. The number of rotatable bonds is 9. The normalized spacial score (nSPS) is 37.5. The van der Waals surface area contributed by atoms with Crippen molar-refractivity contribution in [1.29, 1.82) is 0 Å². The minimum atomic E-state index is -2.55. The van der Waals surface area contributed by atoms with Crippen LogP contribution in [0.2, 0.25) is 18.1 Å². The van der Waals surface area contributed by atoms with Crippen LogP contribution in [-0.2, 0) is 47.3 Å². The molecule has 1 saturated carbocycles. The van der Waals surface area contributed by atoms with E-state index in [1.165, 1.54) is 4.90 Å². The summed E-state index contributed by atoms with van der Waals surface area (Å²) in [6, 6.07) is -1.12. The second kappa shape index (κ2) is 23.0. The molecule has 3 heterocycles. The molecule has 1 unspecified atom stereocenters. The number of hydrogen-bond acceptors (Lipinski definition) is 12. The lowest BCUT2D eigenvalue weighted by Gasteiger charge is -2.47. The zero-order valence-corrected chi connectivity index (χ0v) is 42.4. The Labute approximate surface area is 385 Å². The minimum absolute atomic E-state index is 0.0136. The summed E-state index contributed by atoms with van der Waals surface area (Å²) in [6.45, 7) is 24.5. The smallest absolute Gasteiger partial charge is 0.329 e. The molecule has 1 aliphatic carbocycles. The van der Waals surface area contributed by atoms with Crippen LogP contribution >= 0.6 is 0 Å². The molecule has 2 bridgehead atoms. The van der Waals surface area contributed by atoms with E-state index in [1.54, 1.807) is 34.3 Å². The first-order chi connectivity index (χ1) is 29.9. The molecule has 1 amide bonds. The molecule has 4 aliphatic rings. The second-order valence-corrected chi connectivity index (χ2v) is 25.9. The van der Waals surface area contributed by atoms with Crippen molar-refractivity contribution in [3.05, 3.63) is 36.0 Å². The monoisotopic (exact) mass is 918 g/mol. The van der Waals surface area contributed by atoms with Gasteiger partial charge in [0.2, 0.25) is 5.79 Å². The van der Waals surface area contributed by atoms with Crippen molar-refractivity contribution < 1.29 is 57.5 Å². The number of cyclic esters (lactones) is 1. The standard InChI is InChI=1S/C50H83NO12Si/c1-15-18-36-24-30(2)23-31(3)25-42(59-11)45-43(60-12)27-33(5)50(57,62-45)46(54)47(55)51-22-17-16-19-37(51)48(56)61-44(32(4)26-35-20-21-38(52)41(28-35)58-10)34(6)40(29-39(36)53)63-64(13,14)49(7,8)9/h15,24,26,30-31,33-35,37-38,40-45,52,57H,1,16-23,25,27-29H2,2-14H3/t30?,31-,33+,34+,35-,37-,38+,40-,41+,42-,43-,44+,45+,50+/m0/s1.